The molecule has 1 atom stereocenters. The van der Waals surface area contributed by atoms with Crippen molar-refractivity contribution in [1.29, 1.82) is 0 Å². The van der Waals surface area contributed by atoms with Gasteiger partial charge in [0.1, 0.15) is 6.54 Å². The van der Waals surface area contributed by atoms with E-state index in [0.29, 0.717) is 12.8 Å². The number of nitrogens with two attached hydrogens (primary N) is 1. The van der Waals surface area contributed by atoms with Crippen molar-refractivity contribution in [2.75, 3.05) is 6.54 Å². The molecule has 0 bridgehead atoms. The third-order valence-electron chi connectivity index (χ3n) is 1.35. The van der Waals surface area contributed by atoms with Crippen LogP contribution in [0.2, 0.25) is 0 Å². The highest BCUT2D eigenvalue weighted by Gasteiger charge is 2.12. The van der Waals surface area contributed by atoms with Gasteiger partial charge in [0.15, 0.2) is 0 Å². The summed E-state index contributed by atoms with van der Waals surface area (Å²) in [5.41, 5.74) is 5.39. The van der Waals surface area contributed by atoms with E-state index in [1.54, 1.807) is 0 Å². The van der Waals surface area contributed by atoms with Crippen molar-refractivity contribution in [3.63, 3.8) is 0 Å². The molecule has 0 radical (unpaired) electrons. The van der Waals surface area contributed by atoms with Gasteiger partial charge in [-0.3, -0.25) is 9.59 Å². The van der Waals surface area contributed by atoms with Crippen LogP contribution in [0, 0.1) is 12.3 Å². The standard InChI is InChI=1S/C8H12N2O3/c1-2-3-4-6(9)8(13)10-5-7(11)12/h1,6H,3-5,9H2,(H,10,13)(H,11,12)/t6-/m0/s1. The highest BCUT2D eigenvalue weighted by Crippen LogP contribution is 1.92. The molecule has 0 unspecified atom stereocenters. The van der Waals surface area contributed by atoms with Crippen molar-refractivity contribution < 1.29 is 14.7 Å². The van der Waals surface area contributed by atoms with Gasteiger partial charge in [-0.25, -0.2) is 0 Å². The molecule has 0 rings (SSSR count). The maximum Gasteiger partial charge on any atom is 0.322 e. The Kier molecular flexibility index (Phi) is 5.32. The van der Waals surface area contributed by atoms with Gasteiger partial charge in [-0.2, -0.15) is 0 Å². The van der Waals surface area contributed by atoms with Gasteiger partial charge in [0.05, 0.1) is 6.04 Å². The Hall–Kier alpha value is -1.54. The number of rotatable bonds is 5. The van der Waals surface area contributed by atoms with E-state index in [2.05, 4.69) is 11.2 Å². The third kappa shape index (κ3) is 5.70. The molecule has 72 valence electrons. The third-order valence-corrected chi connectivity index (χ3v) is 1.35. The van der Waals surface area contributed by atoms with Crippen LogP contribution in [0.3, 0.4) is 0 Å². The number of carboxylic acid groups (broad SMARTS) is 1. The van der Waals surface area contributed by atoms with E-state index in [0.717, 1.165) is 0 Å². The van der Waals surface area contributed by atoms with Gasteiger partial charge in [-0.1, -0.05) is 0 Å². The second-order valence-corrected chi connectivity index (χ2v) is 2.46. The maximum atomic E-state index is 11.0. The van der Waals surface area contributed by atoms with E-state index in [1.165, 1.54) is 0 Å². The van der Waals surface area contributed by atoms with Gasteiger partial charge >= 0.3 is 5.97 Å². The quantitative estimate of drug-likeness (QED) is 0.474. The summed E-state index contributed by atoms with van der Waals surface area (Å²) in [4.78, 5) is 21.0. The monoisotopic (exact) mass is 184 g/mol. The molecule has 5 nitrogen and oxygen atoms in total. The Morgan fingerprint density at radius 1 is 1.62 bits per heavy atom. The first kappa shape index (κ1) is 11.5. The number of carbonyl (C=O) groups is 2. The lowest BCUT2D eigenvalue weighted by molar-refractivity contribution is -0.138. The van der Waals surface area contributed by atoms with Gasteiger partial charge in [-0.15, -0.1) is 12.3 Å². The zero-order valence-corrected chi connectivity index (χ0v) is 7.12. The van der Waals surface area contributed by atoms with Crippen LogP contribution in [0.4, 0.5) is 0 Å². The number of aliphatic carboxylic acids is 1. The predicted octanol–water partition coefficient (Wildman–Crippen LogP) is -1.07. The molecule has 0 fully saturated rings. The van der Waals surface area contributed by atoms with Crippen LogP contribution in [-0.4, -0.2) is 29.6 Å². The minimum Gasteiger partial charge on any atom is -0.480 e. The molecular formula is C8H12N2O3. The molecular weight excluding hydrogens is 172 g/mol. The van der Waals surface area contributed by atoms with Gasteiger partial charge in [0, 0.05) is 6.42 Å². The molecule has 0 saturated carbocycles. The van der Waals surface area contributed by atoms with E-state index in [-0.39, 0.29) is 0 Å². The fourth-order valence-electron chi connectivity index (χ4n) is 0.664. The molecule has 0 heterocycles. The summed E-state index contributed by atoms with van der Waals surface area (Å²) < 4.78 is 0. The molecule has 0 aromatic heterocycles. The molecule has 0 spiro atoms. The Labute approximate surface area is 76.3 Å². The average molecular weight is 184 g/mol. The van der Waals surface area contributed by atoms with Crippen molar-refractivity contribution in [2.45, 2.75) is 18.9 Å². The second-order valence-electron chi connectivity index (χ2n) is 2.46. The number of amides is 1. The maximum absolute atomic E-state index is 11.0. The van der Waals surface area contributed by atoms with E-state index in [4.69, 9.17) is 17.3 Å². The molecule has 1 amide bonds. The number of terminal acetylenes is 1. The summed E-state index contributed by atoms with van der Waals surface area (Å²) in [6.45, 7) is -0.414. The van der Waals surface area contributed by atoms with Crippen molar-refractivity contribution >= 4 is 11.9 Å². The first-order chi connectivity index (χ1) is 6.07. The van der Waals surface area contributed by atoms with Crippen LogP contribution in [0.1, 0.15) is 12.8 Å². The molecule has 13 heavy (non-hydrogen) atoms. The smallest absolute Gasteiger partial charge is 0.322 e. The van der Waals surface area contributed by atoms with Crippen molar-refractivity contribution in [3.05, 3.63) is 0 Å². The Balaban J connectivity index is 3.70. The molecule has 0 aliphatic rings. The van der Waals surface area contributed by atoms with Gasteiger partial charge in [0.2, 0.25) is 5.91 Å². The topological polar surface area (TPSA) is 92.4 Å². The molecule has 5 heteroatoms. The number of carboxylic acids is 1. The number of carbonyl (C=O) groups excluding carboxylic acids is 1. The Bertz CT molecular complexity index is 232. The lowest BCUT2D eigenvalue weighted by Gasteiger charge is -2.08. The van der Waals surface area contributed by atoms with Crippen LogP contribution in [0.15, 0.2) is 0 Å². The van der Waals surface area contributed by atoms with E-state index in [1.807, 2.05) is 0 Å². The SMILES string of the molecule is C#CCC[C@H](N)C(=O)NCC(=O)O. The van der Waals surface area contributed by atoms with E-state index >= 15 is 0 Å². The Morgan fingerprint density at radius 2 is 2.23 bits per heavy atom. The number of hydrogen-bond donors (Lipinski definition) is 3. The normalized spacial score (nSPS) is 11.4. The van der Waals surface area contributed by atoms with Crippen LogP contribution in [0.5, 0.6) is 0 Å². The van der Waals surface area contributed by atoms with E-state index in [9.17, 15) is 9.59 Å². The van der Waals surface area contributed by atoms with Crippen molar-refractivity contribution in [3.8, 4) is 12.3 Å². The lowest BCUT2D eigenvalue weighted by Crippen LogP contribution is -2.42. The number of nitrogens with one attached hydrogen (secondary N) is 1. The molecule has 0 aromatic rings. The highest BCUT2D eigenvalue weighted by atomic mass is 16.4. The van der Waals surface area contributed by atoms with Crippen LogP contribution in [0.25, 0.3) is 0 Å². The summed E-state index contributed by atoms with van der Waals surface area (Å²) in [5, 5.41) is 10.4. The van der Waals surface area contributed by atoms with Gasteiger partial charge in [0.25, 0.3) is 0 Å². The highest BCUT2D eigenvalue weighted by molar-refractivity contribution is 5.84. The van der Waals surface area contributed by atoms with Crippen LogP contribution >= 0.6 is 0 Å². The summed E-state index contributed by atoms with van der Waals surface area (Å²) in [6.07, 6.45) is 5.74. The molecule has 4 N–H and O–H groups in total. The van der Waals surface area contributed by atoms with Crippen LogP contribution in [-0.2, 0) is 9.59 Å². The minimum atomic E-state index is -1.10. The molecule has 0 saturated heterocycles. The van der Waals surface area contributed by atoms with Crippen molar-refractivity contribution in [1.82, 2.24) is 5.32 Å². The molecule has 0 aromatic carbocycles. The largest absolute Gasteiger partial charge is 0.480 e. The van der Waals surface area contributed by atoms with Crippen LogP contribution < -0.4 is 11.1 Å². The molecule has 0 aliphatic carbocycles. The fraction of sp³-hybridized carbons (Fsp3) is 0.500. The lowest BCUT2D eigenvalue weighted by atomic mass is 10.1. The average Bonchev–Trinajstić information content (AvgIpc) is 2.10. The first-order valence-electron chi connectivity index (χ1n) is 3.76. The summed E-state index contributed by atoms with van der Waals surface area (Å²) in [7, 11) is 0. The summed E-state index contributed by atoms with van der Waals surface area (Å²) in [5.74, 6) is 0.754. The number of hydrogen-bond acceptors (Lipinski definition) is 3. The second kappa shape index (κ2) is 6.03. The van der Waals surface area contributed by atoms with Crippen molar-refractivity contribution in [2.24, 2.45) is 5.73 Å². The summed E-state index contributed by atoms with van der Waals surface area (Å²) in [6, 6.07) is -0.726. The first-order valence-corrected chi connectivity index (χ1v) is 3.76. The zero-order chi connectivity index (χ0) is 10.3. The van der Waals surface area contributed by atoms with Gasteiger partial charge in [-0.05, 0) is 6.42 Å². The predicted molar refractivity (Wildman–Crippen MR) is 46.7 cm³/mol. The van der Waals surface area contributed by atoms with E-state index < -0.39 is 24.5 Å². The summed E-state index contributed by atoms with van der Waals surface area (Å²) >= 11 is 0. The zero-order valence-electron chi connectivity index (χ0n) is 7.12. The minimum absolute atomic E-state index is 0.363. The molecule has 0 aliphatic heterocycles. The Morgan fingerprint density at radius 3 is 2.69 bits per heavy atom. The van der Waals surface area contributed by atoms with Gasteiger partial charge < -0.3 is 16.2 Å². The fourth-order valence-corrected chi connectivity index (χ4v) is 0.664.